The highest BCUT2D eigenvalue weighted by Gasteiger charge is 2.23. The first-order chi connectivity index (χ1) is 12.4. The minimum absolute atomic E-state index is 0.00449. The van der Waals surface area contributed by atoms with Gasteiger partial charge < -0.3 is 13.9 Å². The molecule has 26 heavy (non-hydrogen) atoms. The molecule has 3 aromatic rings. The molecule has 0 aliphatic heterocycles. The average Bonchev–Trinajstić information content (AvgIpc) is 2.64. The van der Waals surface area contributed by atoms with E-state index in [0.717, 1.165) is 11.1 Å². The lowest BCUT2D eigenvalue weighted by Gasteiger charge is -2.15. The van der Waals surface area contributed by atoms with E-state index in [1.54, 1.807) is 12.1 Å². The lowest BCUT2D eigenvalue weighted by Crippen LogP contribution is -2.27. The summed E-state index contributed by atoms with van der Waals surface area (Å²) in [5.74, 6) is -0.268. The molecule has 0 aliphatic carbocycles. The van der Waals surface area contributed by atoms with Gasteiger partial charge in [0, 0.05) is 5.56 Å². The Hall–Kier alpha value is -3.08. The number of benzene rings is 2. The zero-order valence-electron chi connectivity index (χ0n) is 15.2. The Morgan fingerprint density at radius 2 is 1.69 bits per heavy atom. The van der Waals surface area contributed by atoms with Crippen molar-refractivity contribution < 1.29 is 18.7 Å². The average molecular weight is 352 g/mol. The van der Waals surface area contributed by atoms with Crippen LogP contribution in [-0.2, 0) is 9.53 Å². The summed E-state index contributed by atoms with van der Waals surface area (Å²) in [4.78, 5) is 24.8. The maximum Gasteiger partial charge on any atom is 0.346 e. The first-order valence-corrected chi connectivity index (χ1v) is 8.29. The van der Waals surface area contributed by atoms with Crippen molar-refractivity contribution in [2.75, 3.05) is 7.11 Å². The van der Waals surface area contributed by atoms with Gasteiger partial charge in [-0.15, -0.1) is 0 Å². The van der Waals surface area contributed by atoms with Crippen molar-refractivity contribution in [3.8, 4) is 17.1 Å². The van der Waals surface area contributed by atoms with Crippen molar-refractivity contribution in [2.24, 2.45) is 0 Å². The molecule has 0 saturated carbocycles. The number of fused-ring (bicyclic) bond motifs is 1. The Bertz CT molecular complexity index is 1010. The van der Waals surface area contributed by atoms with Crippen LogP contribution in [0.1, 0.15) is 18.1 Å². The summed E-state index contributed by atoms with van der Waals surface area (Å²) in [5, 5.41) is 0.410. The second-order valence-electron chi connectivity index (χ2n) is 6.24. The fourth-order valence-electron chi connectivity index (χ4n) is 2.68. The Kier molecular flexibility index (Phi) is 4.80. The van der Waals surface area contributed by atoms with Crippen molar-refractivity contribution >= 4 is 16.9 Å². The van der Waals surface area contributed by atoms with Crippen LogP contribution >= 0.6 is 0 Å². The van der Waals surface area contributed by atoms with E-state index in [2.05, 4.69) is 0 Å². The third kappa shape index (κ3) is 3.33. The number of hydrogen-bond acceptors (Lipinski definition) is 5. The topological polar surface area (TPSA) is 65.7 Å². The smallest absolute Gasteiger partial charge is 0.346 e. The Morgan fingerprint density at radius 1 is 1.04 bits per heavy atom. The second-order valence-corrected chi connectivity index (χ2v) is 6.24. The fraction of sp³-hybridized carbons (Fsp3) is 0.238. The minimum atomic E-state index is -0.936. The number of hydrogen-bond donors (Lipinski definition) is 0. The highest BCUT2D eigenvalue weighted by atomic mass is 16.6. The van der Waals surface area contributed by atoms with E-state index in [1.165, 1.54) is 14.0 Å². The largest absolute Gasteiger partial charge is 0.471 e. The predicted molar refractivity (Wildman–Crippen MR) is 99.5 cm³/mol. The highest BCUT2D eigenvalue weighted by Crippen LogP contribution is 2.32. The SMILES string of the molecule is COC(=O)[C@H](C)Oc1c(-c2ccc(C)cc2)oc2ccc(C)cc2c1=O. The van der Waals surface area contributed by atoms with Crippen molar-refractivity contribution in [1.29, 1.82) is 0 Å². The fourth-order valence-corrected chi connectivity index (χ4v) is 2.68. The molecule has 2 aromatic carbocycles. The van der Waals surface area contributed by atoms with Crippen LogP contribution in [0.4, 0.5) is 0 Å². The van der Waals surface area contributed by atoms with E-state index in [-0.39, 0.29) is 11.2 Å². The van der Waals surface area contributed by atoms with Gasteiger partial charge >= 0.3 is 5.97 Å². The quantitative estimate of drug-likeness (QED) is 0.664. The number of carbonyl (C=O) groups excluding carboxylic acids is 1. The molecular weight excluding hydrogens is 332 g/mol. The van der Waals surface area contributed by atoms with Gasteiger partial charge in [-0.05, 0) is 32.9 Å². The standard InChI is InChI=1S/C21H20O5/c1-12-5-8-15(9-6-12)19-20(25-14(3)21(23)24-4)18(22)16-11-13(2)7-10-17(16)26-19/h5-11,14H,1-4H3/t14-/m0/s1. The molecule has 0 unspecified atom stereocenters. The van der Waals surface area contributed by atoms with Crippen LogP contribution in [0.2, 0.25) is 0 Å². The summed E-state index contributed by atoms with van der Waals surface area (Å²) in [6.45, 7) is 5.40. The number of carbonyl (C=O) groups is 1. The van der Waals surface area contributed by atoms with Gasteiger partial charge in [-0.25, -0.2) is 4.79 Å². The Balaban J connectivity index is 2.25. The van der Waals surface area contributed by atoms with Gasteiger partial charge in [-0.3, -0.25) is 4.79 Å². The van der Waals surface area contributed by atoms with Crippen molar-refractivity contribution in [1.82, 2.24) is 0 Å². The Labute approximate surface area is 151 Å². The number of esters is 1. The molecule has 0 aliphatic rings. The lowest BCUT2D eigenvalue weighted by molar-refractivity contribution is -0.147. The first-order valence-electron chi connectivity index (χ1n) is 8.29. The highest BCUT2D eigenvalue weighted by molar-refractivity contribution is 5.83. The maximum atomic E-state index is 13.1. The lowest BCUT2D eigenvalue weighted by atomic mass is 10.1. The molecular formula is C21H20O5. The molecule has 0 bridgehead atoms. The summed E-state index contributed by atoms with van der Waals surface area (Å²) >= 11 is 0. The molecule has 1 atom stereocenters. The van der Waals surface area contributed by atoms with Gasteiger partial charge in [0.05, 0.1) is 12.5 Å². The van der Waals surface area contributed by atoms with E-state index < -0.39 is 12.1 Å². The zero-order chi connectivity index (χ0) is 18.8. The third-order valence-electron chi connectivity index (χ3n) is 4.15. The van der Waals surface area contributed by atoms with Crippen LogP contribution in [0.5, 0.6) is 5.75 Å². The molecule has 0 N–H and O–H groups in total. The second kappa shape index (κ2) is 7.04. The maximum absolute atomic E-state index is 13.1. The molecule has 3 rings (SSSR count). The normalized spacial score (nSPS) is 12.0. The van der Waals surface area contributed by atoms with E-state index in [4.69, 9.17) is 13.9 Å². The molecule has 0 spiro atoms. The molecule has 5 nitrogen and oxygen atoms in total. The van der Waals surface area contributed by atoms with Gasteiger partial charge in [0.2, 0.25) is 11.2 Å². The van der Waals surface area contributed by atoms with Crippen LogP contribution in [0.15, 0.2) is 51.7 Å². The van der Waals surface area contributed by atoms with E-state index in [1.807, 2.05) is 44.2 Å². The molecule has 134 valence electrons. The number of aryl methyl sites for hydroxylation is 2. The van der Waals surface area contributed by atoms with Crippen molar-refractivity contribution in [3.63, 3.8) is 0 Å². The van der Waals surface area contributed by atoms with Crippen LogP contribution in [-0.4, -0.2) is 19.2 Å². The van der Waals surface area contributed by atoms with E-state index in [9.17, 15) is 9.59 Å². The van der Waals surface area contributed by atoms with Gasteiger partial charge in [0.25, 0.3) is 0 Å². The third-order valence-corrected chi connectivity index (χ3v) is 4.15. The van der Waals surface area contributed by atoms with Crippen LogP contribution in [0.25, 0.3) is 22.3 Å². The van der Waals surface area contributed by atoms with Gasteiger partial charge in [0.1, 0.15) is 5.58 Å². The van der Waals surface area contributed by atoms with Crippen molar-refractivity contribution in [3.05, 3.63) is 63.8 Å². The molecule has 0 amide bonds. The van der Waals surface area contributed by atoms with E-state index >= 15 is 0 Å². The van der Waals surface area contributed by atoms with Crippen LogP contribution < -0.4 is 10.2 Å². The molecule has 1 heterocycles. The van der Waals surface area contributed by atoms with Crippen molar-refractivity contribution in [2.45, 2.75) is 26.9 Å². The van der Waals surface area contributed by atoms with Gasteiger partial charge in [-0.2, -0.15) is 0 Å². The molecule has 0 radical (unpaired) electrons. The van der Waals surface area contributed by atoms with Gasteiger partial charge in [-0.1, -0.05) is 41.5 Å². The van der Waals surface area contributed by atoms with Crippen LogP contribution in [0.3, 0.4) is 0 Å². The number of ether oxygens (including phenoxy) is 2. The van der Waals surface area contributed by atoms with Crippen LogP contribution in [0, 0.1) is 13.8 Å². The summed E-state index contributed by atoms with van der Waals surface area (Å²) in [7, 11) is 1.27. The first kappa shape index (κ1) is 17.7. The van der Waals surface area contributed by atoms with Gasteiger partial charge in [0.15, 0.2) is 11.9 Å². The summed E-state index contributed by atoms with van der Waals surface area (Å²) in [6.07, 6.45) is -0.936. The van der Waals surface area contributed by atoms with E-state index in [0.29, 0.717) is 22.3 Å². The number of rotatable bonds is 4. The monoisotopic (exact) mass is 352 g/mol. The molecule has 1 aromatic heterocycles. The zero-order valence-corrected chi connectivity index (χ0v) is 15.2. The molecule has 0 saturated heterocycles. The number of methoxy groups -OCH3 is 1. The molecule has 5 heteroatoms. The predicted octanol–water partition coefficient (Wildman–Crippen LogP) is 4.02. The summed E-state index contributed by atoms with van der Waals surface area (Å²) in [6, 6.07) is 12.9. The molecule has 0 fully saturated rings. The summed E-state index contributed by atoms with van der Waals surface area (Å²) in [5.41, 5.74) is 2.86. The minimum Gasteiger partial charge on any atom is -0.471 e. The Morgan fingerprint density at radius 3 is 2.35 bits per heavy atom. The summed E-state index contributed by atoms with van der Waals surface area (Å²) < 4.78 is 16.4.